The van der Waals surface area contributed by atoms with Gasteiger partial charge in [0.05, 0.1) is 16.0 Å². The van der Waals surface area contributed by atoms with Crippen LogP contribution in [0.5, 0.6) is 0 Å². The van der Waals surface area contributed by atoms with E-state index in [-0.39, 0.29) is 5.69 Å². The minimum absolute atomic E-state index is 0.0201. The number of aromatic nitrogens is 2. The summed E-state index contributed by atoms with van der Waals surface area (Å²) in [5, 5.41) is 17.8. The van der Waals surface area contributed by atoms with Crippen molar-refractivity contribution in [2.24, 2.45) is 0 Å². The van der Waals surface area contributed by atoms with Crippen molar-refractivity contribution < 1.29 is 4.92 Å². The molecule has 2 N–H and O–H groups in total. The molecular formula is C22H19N5O2. The minimum Gasteiger partial charge on any atom is -0.337 e. The van der Waals surface area contributed by atoms with Gasteiger partial charge in [-0.25, -0.2) is 9.97 Å². The second-order valence-electron chi connectivity index (χ2n) is 6.73. The lowest BCUT2D eigenvalue weighted by Gasteiger charge is -2.15. The molecule has 0 aliphatic rings. The van der Waals surface area contributed by atoms with Crippen LogP contribution < -0.4 is 10.6 Å². The Labute approximate surface area is 167 Å². The summed E-state index contributed by atoms with van der Waals surface area (Å²) >= 11 is 0. The normalized spacial score (nSPS) is 10.7. The molecule has 0 amide bonds. The lowest BCUT2D eigenvalue weighted by molar-refractivity contribution is -0.384. The van der Waals surface area contributed by atoms with E-state index in [2.05, 4.69) is 20.6 Å². The van der Waals surface area contributed by atoms with E-state index in [9.17, 15) is 10.1 Å². The molecule has 7 nitrogen and oxygen atoms in total. The summed E-state index contributed by atoms with van der Waals surface area (Å²) in [7, 11) is 0. The van der Waals surface area contributed by atoms with Crippen LogP contribution in [0.25, 0.3) is 11.0 Å². The summed E-state index contributed by atoms with van der Waals surface area (Å²) in [5.74, 6) is 1.04. The van der Waals surface area contributed by atoms with Gasteiger partial charge in [0.1, 0.15) is 0 Å². The summed E-state index contributed by atoms with van der Waals surface area (Å²) in [6, 6.07) is 20.2. The predicted molar refractivity (Wildman–Crippen MR) is 115 cm³/mol. The van der Waals surface area contributed by atoms with Crippen molar-refractivity contribution in [3.8, 4) is 0 Å². The van der Waals surface area contributed by atoms with Crippen LogP contribution >= 0.6 is 0 Å². The maximum absolute atomic E-state index is 11.1. The van der Waals surface area contributed by atoms with Gasteiger partial charge < -0.3 is 10.6 Å². The number of anilines is 4. The number of nitro benzene ring substituents is 1. The predicted octanol–water partition coefficient (Wildman–Crippen LogP) is 5.64. The number of rotatable bonds is 5. The summed E-state index contributed by atoms with van der Waals surface area (Å²) in [4.78, 5) is 20.0. The van der Waals surface area contributed by atoms with E-state index in [1.54, 1.807) is 6.07 Å². The van der Waals surface area contributed by atoms with Crippen molar-refractivity contribution in [1.82, 2.24) is 9.97 Å². The standard InChI is InChI=1S/C22H19N5O2/c1-14-7-3-5-9-17(14)23-21-22(24-18-10-6-4-8-15(18)2)26-20-13-16(27(28)29)11-12-19(20)25-21/h3-13H,1-2H3,(H,23,25)(H,24,26). The van der Waals surface area contributed by atoms with Gasteiger partial charge in [0, 0.05) is 23.5 Å². The maximum atomic E-state index is 11.1. The second-order valence-corrected chi connectivity index (χ2v) is 6.73. The fourth-order valence-electron chi connectivity index (χ4n) is 3.01. The number of fused-ring (bicyclic) bond motifs is 1. The topological polar surface area (TPSA) is 93.0 Å². The van der Waals surface area contributed by atoms with Crippen LogP contribution in [0.3, 0.4) is 0 Å². The first-order valence-corrected chi connectivity index (χ1v) is 9.13. The summed E-state index contributed by atoms with van der Waals surface area (Å²) in [6.07, 6.45) is 0. The molecule has 0 bridgehead atoms. The number of nitrogens with zero attached hydrogens (tertiary/aromatic N) is 3. The van der Waals surface area contributed by atoms with Crippen molar-refractivity contribution in [1.29, 1.82) is 0 Å². The van der Waals surface area contributed by atoms with E-state index in [1.165, 1.54) is 12.1 Å². The Bertz CT molecular complexity index is 1220. The first kappa shape index (κ1) is 18.4. The van der Waals surface area contributed by atoms with Gasteiger partial charge in [-0.3, -0.25) is 10.1 Å². The molecule has 4 aromatic rings. The van der Waals surface area contributed by atoms with Gasteiger partial charge in [-0.2, -0.15) is 0 Å². The van der Waals surface area contributed by atoms with Crippen molar-refractivity contribution in [3.63, 3.8) is 0 Å². The minimum atomic E-state index is -0.435. The molecule has 144 valence electrons. The smallest absolute Gasteiger partial charge is 0.271 e. The Morgan fingerprint density at radius 3 is 1.79 bits per heavy atom. The molecule has 1 heterocycles. The molecule has 7 heteroatoms. The summed E-state index contributed by atoms with van der Waals surface area (Å²) in [6.45, 7) is 4.00. The third-order valence-corrected chi connectivity index (χ3v) is 4.65. The molecule has 0 saturated heterocycles. The Kier molecular flexibility index (Phi) is 4.78. The Morgan fingerprint density at radius 2 is 1.28 bits per heavy atom. The van der Waals surface area contributed by atoms with Gasteiger partial charge in [0.25, 0.3) is 5.69 Å². The zero-order valence-electron chi connectivity index (χ0n) is 16.0. The molecule has 1 aromatic heterocycles. The zero-order valence-corrected chi connectivity index (χ0v) is 16.0. The Hall–Kier alpha value is -4.00. The number of benzene rings is 3. The van der Waals surface area contributed by atoms with Gasteiger partial charge in [-0.05, 0) is 43.2 Å². The zero-order chi connectivity index (χ0) is 20.4. The molecule has 0 radical (unpaired) electrons. The van der Waals surface area contributed by atoms with Gasteiger partial charge >= 0.3 is 0 Å². The van der Waals surface area contributed by atoms with E-state index >= 15 is 0 Å². The van der Waals surface area contributed by atoms with Crippen LogP contribution in [0.2, 0.25) is 0 Å². The summed E-state index contributed by atoms with van der Waals surface area (Å²) < 4.78 is 0. The number of nitrogens with one attached hydrogen (secondary N) is 2. The lowest BCUT2D eigenvalue weighted by atomic mass is 10.2. The average Bonchev–Trinajstić information content (AvgIpc) is 2.71. The van der Waals surface area contributed by atoms with E-state index < -0.39 is 4.92 Å². The lowest BCUT2D eigenvalue weighted by Crippen LogP contribution is -2.05. The molecule has 0 aliphatic carbocycles. The van der Waals surface area contributed by atoms with Crippen LogP contribution in [0, 0.1) is 24.0 Å². The number of aryl methyl sites for hydroxylation is 2. The molecule has 0 atom stereocenters. The van der Waals surface area contributed by atoms with E-state index in [1.807, 2.05) is 62.4 Å². The van der Waals surface area contributed by atoms with Crippen LogP contribution in [0.15, 0.2) is 66.7 Å². The third-order valence-electron chi connectivity index (χ3n) is 4.65. The van der Waals surface area contributed by atoms with E-state index in [4.69, 9.17) is 0 Å². The van der Waals surface area contributed by atoms with E-state index in [0.717, 1.165) is 22.5 Å². The number of hydrogen-bond acceptors (Lipinski definition) is 6. The maximum Gasteiger partial charge on any atom is 0.271 e. The molecule has 3 aromatic carbocycles. The first-order valence-electron chi connectivity index (χ1n) is 9.13. The molecule has 0 saturated carbocycles. The number of hydrogen-bond donors (Lipinski definition) is 2. The number of nitro groups is 1. The monoisotopic (exact) mass is 385 g/mol. The molecule has 0 fully saturated rings. The first-order chi connectivity index (χ1) is 14.0. The van der Waals surface area contributed by atoms with E-state index in [0.29, 0.717) is 22.7 Å². The van der Waals surface area contributed by atoms with Gasteiger partial charge in [-0.1, -0.05) is 36.4 Å². The highest BCUT2D eigenvalue weighted by molar-refractivity contribution is 5.85. The Morgan fingerprint density at radius 1 is 0.759 bits per heavy atom. The molecule has 4 rings (SSSR count). The largest absolute Gasteiger partial charge is 0.337 e. The van der Waals surface area contributed by atoms with Gasteiger partial charge in [0.15, 0.2) is 11.6 Å². The SMILES string of the molecule is Cc1ccccc1Nc1nc2ccc([N+](=O)[O-])cc2nc1Nc1ccccc1C. The second kappa shape index (κ2) is 7.55. The quantitative estimate of drug-likeness (QED) is 0.341. The molecule has 0 spiro atoms. The Balaban J connectivity index is 1.84. The van der Waals surface area contributed by atoms with Crippen molar-refractivity contribution in [3.05, 3.63) is 88.0 Å². The third kappa shape index (κ3) is 3.84. The summed E-state index contributed by atoms with van der Waals surface area (Å²) in [5.41, 5.74) is 4.92. The van der Waals surface area contributed by atoms with Gasteiger partial charge in [0.2, 0.25) is 0 Å². The van der Waals surface area contributed by atoms with Crippen LogP contribution in [0.1, 0.15) is 11.1 Å². The fraction of sp³-hybridized carbons (Fsp3) is 0.0909. The van der Waals surface area contributed by atoms with Crippen LogP contribution in [-0.4, -0.2) is 14.9 Å². The van der Waals surface area contributed by atoms with Crippen molar-refractivity contribution in [2.75, 3.05) is 10.6 Å². The van der Waals surface area contributed by atoms with Crippen molar-refractivity contribution >= 4 is 39.7 Å². The highest BCUT2D eigenvalue weighted by Gasteiger charge is 2.14. The fourth-order valence-corrected chi connectivity index (χ4v) is 3.01. The highest BCUT2D eigenvalue weighted by atomic mass is 16.6. The molecular weight excluding hydrogens is 366 g/mol. The van der Waals surface area contributed by atoms with Crippen molar-refractivity contribution in [2.45, 2.75) is 13.8 Å². The van der Waals surface area contributed by atoms with Gasteiger partial charge in [-0.15, -0.1) is 0 Å². The molecule has 0 unspecified atom stereocenters. The molecule has 29 heavy (non-hydrogen) atoms. The van der Waals surface area contributed by atoms with Crippen LogP contribution in [-0.2, 0) is 0 Å². The number of para-hydroxylation sites is 2. The molecule has 0 aliphatic heterocycles. The highest BCUT2D eigenvalue weighted by Crippen LogP contribution is 2.30. The number of non-ortho nitro benzene ring substituents is 1. The van der Waals surface area contributed by atoms with Crippen LogP contribution in [0.4, 0.5) is 28.7 Å². The average molecular weight is 385 g/mol.